The van der Waals surface area contributed by atoms with Gasteiger partial charge in [-0.1, -0.05) is 18.2 Å². The Balaban J connectivity index is 1.68. The molecule has 3 aromatic rings. The van der Waals surface area contributed by atoms with Crippen LogP contribution in [0.15, 0.2) is 59.5 Å². The average Bonchev–Trinajstić information content (AvgIpc) is 3.25. The van der Waals surface area contributed by atoms with E-state index < -0.39 is 33.4 Å². The van der Waals surface area contributed by atoms with Gasteiger partial charge in [-0.2, -0.15) is 0 Å². The van der Waals surface area contributed by atoms with Crippen LogP contribution in [0, 0.1) is 10.1 Å². The molecule has 0 saturated carbocycles. The normalized spacial score (nSPS) is 12.9. The summed E-state index contributed by atoms with van der Waals surface area (Å²) in [5.74, 6) is -1.23. The molecule has 188 valence electrons. The number of rotatable bonds is 8. The van der Waals surface area contributed by atoms with E-state index in [1.54, 1.807) is 18.2 Å². The van der Waals surface area contributed by atoms with Crippen molar-refractivity contribution in [1.82, 2.24) is 0 Å². The van der Waals surface area contributed by atoms with Gasteiger partial charge in [0.05, 0.1) is 28.2 Å². The van der Waals surface area contributed by atoms with E-state index in [1.807, 2.05) is 0 Å². The van der Waals surface area contributed by atoms with E-state index in [2.05, 4.69) is 5.32 Å². The lowest BCUT2D eigenvalue weighted by Crippen LogP contribution is -2.38. The molecule has 10 nitrogen and oxygen atoms in total. The maximum absolute atomic E-state index is 13.5. The molecule has 0 unspecified atom stereocenters. The molecule has 1 N–H and O–H groups in total. The smallest absolute Gasteiger partial charge is 0.341 e. The van der Waals surface area contributed by atoms with E-state index in [0.29, 0.717) is 17.0 Å². The summed E-state index contributed by atoms with van der Waals surface area (Å²) in [7, 11) is -2.93. The topological polar surface area (TPSA) is 136 Å². The van der Waals surface area contributed by atoms with Crippen LogP contribution in [-0.2, 0) is 32.4 Å². The number of amides is 1. The SMILES string of the molecule is COC(=O)c1c(NC(=O)CN(c2ccc([N+](=O)[O-])cc2)S(=O)(=O)c2ccccc2)sc2c1CCCC2. The van der Waals surface area contributed by atoms with Gasteiger partial charge in [-0.15, -0.1) is 11.3 Å². The molecule has 0 spiro atoms. The van der Waals surface area contributed by atoms with Crippen molar-refractivity contribution >= 4 is 49.6 Å². The first kappa shape index (κ1) is 25.3. The van der Waals surface area contributed by atoms with Gasteiger partial charge in [0.2, 0.25) is 5.91 Å². The second-order valence-corrected chi connectivity index (χ2v) is 11.0. The summed E-state index contributed by atoms with van der Waals surface area (Å²) in [5.41, 5.74) is 1.03. The van der Waals surface area contributed by atoms with Crippen LogP contribution < -0.4 is 9.62 Å². The molecule has 0 saturated heterocycles. The van der Waals surface area contributed by atoms with Gasteiger partial charge in [0, 0.05) is 17.0 Å². The van der Waals surface area contributed by atoms with Gasteiger partial charge < -0.3 is 10.1 Å². The standard InChI is InChI=1S/C24H23N3O7S2/c1-34-24(29)22-19-9-5-6-10-20(19)35-23(22)25-21(28)15-26(16-11-13-17(14-12-16)27(30)31)36(32,33)18-7-3-2-4-8-18/h2-4,7-8,11-14H,5-6,9-10,15H2,1H3,(H,25,28). The molecule has 4 rings (SSSR count). The average molecular weight is 530 g/mol. The summed E-state index contributed by atoms with van der Waals surface area (Å²) < 4.78 is 32.7. The number of methoxy groups -OCH3 is 1. The molecule has 0 aliphatic heterocycles. The van der Waals surface area contributed by atoms with Crippen LogP contribution in [0.2, 0.25) is 0 Å². The van der Waals surface area contributed by atoms with Crippen molar-refractivity contribution in [2.24, 2.45) is 0 Å². The Morgan fingerprint density at radius 2 is 1.75 bits per heavy atom. The number of nitrogens with one attached hydrogen (secondary N) is 1. The number of carbonyl (C=O) groups excluding carboxylic acids is 2. The van der Waals surface area contributed by atoms with Crippen LogP contribution in [0.25, 0.3) is 0 Å². The largest absolute Gasteiger partial charge is 0.465 e. The van der Waals surface area contributed by atoms with Gasteiger partial charge in [0.25, 0.3) is 15.7 Å². The van der Waals surface area contributed by atoms with Crippen molar-refractivity contribution in [3.8, 4) is 0 Å². The Kier molecular flexibility index (Phi) is 7.36. The molecule has 36 heavy (non-hydrogen) atoms. The maximum Gasteiger partial charge on any atom is 0.341 e. The number of carbonyl (C=O) groups is 2. The predicted octanol–water partition coefficient (Wildman–Crippen LogP) is 4.16. The predicted molar refractivity (Wildman–Crippen MR) is 135 cm³/mol. The number of fused-ring (bicyclic) bond motifs is 1. The lowest BCUT2D eigenvalue weighted by molar-refractivity contribution is -0.384. The third-order valence-corrected chi connectivity index (χ3v) is 8.78. The molecule has 1 aromatic heterocycles. The number of sulfonamides is 1. The van der Waals surface area contributed by atoms with Crippen molar-refractivity contribution in [3.05, 3.63) is 80.7 Å². The summed E-state index contributed by atoms with van der Waals surface area (Å²) in [6, 6.07) is 12.5. The van der Waals surface area contributed by atoms with Crippen molar-refractivity contribution in [2.45, 2.75) is 30.6 Å². The highest BCUT2D eigenvalue weighted by Gasteiger charge is 2.30. The van der Waals surface area contributed by atoms with Crippen molar-refractivity contribution in [3.63, 3.8) is 0 Å². The Morgan fingerprint density at radius 1 is 1.08 bits per heavy atom. The van der Waals surface area contributed by atoms with Gasteiger partial charge in [-0.3, -0.25) is 19.2 Å². The zero-order valence-corrected chi connectivity index (χ0v) is 20.9. The Morgan fingerprint density at radius 3 is 2.39 bits per heavy atom. The fourth-order valence-corrected chi connectivity index (χ4v) is 6.78. The first-order valence-electron chi connectivity index (χ1n) is 11.1. The molecule has 0 atom stereocenters. The number of nitrogens with zero attached hydrogens (tertiary/aromatic N) is 2. The summed E-state index contributed by atoms with van der Waals surface area (Å²) in [4.78, 5) is 37.1. The van der Waals surface area contributed by atoms with E-state index in [0.717, 1.165) is 34.0 Å². The van der Waals surface area contributed by atoms with E-state index >= 15 is 0 Å². The first-order chi connectivity index (χ1) is 17.2. The number of aryl methyl sites for hydroxylation is 1. The third-order valence-electron chi connectivity index (χ3n) is 5.78. The zero-order chi connectivity index (χ0) is 25.9. The van der Waals surface area contributed by atoms with Crippen LogP contribution in [0.4, 0.5) is 16.4 Å². The molecule has 0 fully saturated rings. The fourth-order valence-electron chi connectivity index (χ4n) is 4.04. The molecular weight excluding hydrogens is 506 g/mol. The Bertz CT molecular complexity index is 1400. The molecule has 1 aliphatic rings. The maximum atomic E-state index is 13.5. The molecule has 0 radical (unpaired) electrons. The van der Waals surface area contributed by atoms with Gasteiger partial charge in [0.15, 0.2) is 0 Å². The van der Waals surface area contributed by atoms with Gasteiger partial charge >= 0.3 is 5.97 Å². The minimum atomic E-state index is -4.19. The number of hydrogen-bond acceptors (Lipinski definition) is 8. The summed E-state index contributed by atoms with van der Waals surface area (Å²) in [6.45, 7) is -0.613. The highest BCUT2D eigenvalue weighted by molar-refractivity contribution is 7.92. The van der Waals surface area contributed by atoms with E-state index in [9.17, 15) is 28.1 Å². The molecule has 2 aromatic carbocycles. The second kappa shape index (κ2) is 10.5. The fraction of sp³-hybridized carbons (Fsp3) is 0.250. The van der Waals surface area contributed by atoms with Crippen LogP contribution in [0.5, 0.6) is 0 Å². The third kappa shape index (κ3) is 5.09. The molecule has 1 amide bonds. The highest BCUT2D eigenvalue weighted by atomic mass is 32.2. The second-order valence-electron chi connectivity index (χ2n) is 8.05. The lowest BCUT2D eigenvalue weighted by Gasteiger charge is -2.24. The first-order valence-corrected chi connectivity index (χ1v) is 13.3. The van der Waals surface area contributed by atoms with E-state index in [-0.39, 0.29) is 16.3 Å². The summed E-state index contributed by atoms with van der Waals surface area (Å²) >= 11 is 1.29. The minimum Gasteiger partial charge on any atom is -0.465 e. The molecule has 0 bridgehead atoms. The lowest BCUT2D eigenvalue weighted by atomic mass is 9.95. The Hall–Kier alpha value is -3.77. The minimum absolute atomic E-state index is 0.0435. The van der Waals surface area contributed by atoms with Crippen LogP contribution in [-0.4, -0.2) is 38.9 Å². The van der Waals surface area contributed by atoms with Crippen molar-refractivity contribution in [1.29, 1.82) is 0 Å². The van der Waals surface area contributed by atoms with E-state index in [1.165, 1.54) is 54.8 Å². The Labute approximate surface area is 211 Å². The van der Waals surface area contributed by atoms with Crippen molar-refractivity contribution < 1.29 is 27.7 Å². The number of nitro groups is 1. The number of ether oxygens (including phenoxy) is 1. The molecule has 1 heterocycles. The summed E-state index contributed by atoms with van der Waals surface area (Å²) in [5, 5.41) is 14.1. The monoisotopic (exact) mass is 529 g/mol. The van der Waals surface area contributed by atoms with Crippen molar-refractivity contribution in [2.75, 3.05) is 23.3 Å². The quantitative estimate of drug-likeness (QED) is 0.263. The van der Waals surface area contributed by atoms with Crippen LogP contribution >= 0.6 is 11.3 Å². The van der Waals surface area contributed by atoms with E-state index in [4.69, 9.17) is 4.74 Å². The number of benzene rings is 2. The zero-order valence-electron chi connectivity index (χ0n) is 19.3. The molecule has 1 aliphatic carbocycles. The number of anilines is 2. The number of hydrogen-bond donors (Lipinski definition) is 1. The number of nitro benzene ring substituents is 1. The molecule has 12 heteroatoms. The van der Waals surface area contributed by atoms with Crippen LogP contribution in [0.3, 0.4) is 0 Å². The van der Waals surface area contributed by atoms with Crippen LogP contribution in [0.1, 0.15) is 33.6 Å². The number of thiophene rings is 1. The van der Waals surface area contributed by atoms with Gasteiger partial charge in [0.1, 0.15) is 11.5 Å². The number of esters is 1. The summed E-state index contributed by atoms with van der Waals surface area (Å²) in [6.07, 6.45) is 3.38. The number of non-ortho nitro benzene ring substituents is 1. The van der Waals surface area contributed by atoms with Gasteiger partial charge in [-0.05, 0) is 55.5 Å². The highest BCUT2D eigenvalue weighted by Crippen LogP contribution is 2.38. The molecular formula is C24H23N3O7S2. The van der Waals surface area contributed by atoms with Gasteiger partial charge in [-0.25, -0.2) is 13.2 Å².